The van der Waals surface area contributed by atoms with Crippen LogP contribution in [0.3, 0.4) is 0 Å². The summed E-state index contributed by atoms with van der Waals surface area (Å²) in [5.41, 5.74) is 2.09. The number of halogens is 1. The number of methoxy groups -OCH3 is 1. The molecule has 0 amide bonds. The van der Waals surface area contributed by atoms with Crippen LogP contribution in [0.25, 0.3) is 10.9 Å². The number of rotatable bonds is 8. The van der Waals surface area contributed by atoms with Crippen LogP contribution in [0, 0.1) is 0 Å². The van der Waals surface area contributed by atoms with Crippen LogP contribution >= 0.6 is 11.6 Å². The molecule has 0 aliphatic heterocycles. The number of nitrogens with zero attached hydrogens (tertiary/aromatic N) is 1. The summed E-state index contributed by atoms with van der Waals surface area (Å²) >= 11 is 5.96. The van der Waals surface area contributed by atoms with Gasteiger partial charge in [0.25, 0.3) is 0 Å². The summed E-state index contributed by atoms with van der Waals surface area (Å²) < 4.78 is 38.0. The van der Waals surface area contributed by atoms with E-state index in [2.05, 4.69) is 10.3 Å². The monoisotopic (exact) mass is 482 g/mol. The Morgan fingerprint density at radius 1 is 0.970 bits per heavy atom. The van der Waals surface area contributed by atoms with Crippen molar-refractivity contribution in [1.82, 2.24) is 4.98 Å². The van der Waals surface area contributed by atoms with Crippen molar-refractivity contribution in [3.05, 3.63) is 83.5 Å². The zero-order valence-corrected chi connectivity index (χ0v) is 19.8. The molecule has 0 atom stereocenters. The Balaban J connectivity index is 1.83. The fraction of sp³-hybridized carbons (Fsp3) is 0.160. The molecule has 4 aromatic rings. The van der Waals surface area contributed by atoms with E-state index in [-0.39, 0.29) is 9.79 Å². The van der Waals surface area contributed by atoms with Gasteiger partial charge >= 0.3 is 0 Å². The molecule has 1 N–H and O–H groups in total. The summed E-state index contributed by atoms with van der Waals surface area (Å²) in [6, 6.07) is 19.1. The fourth-order valence-electron chi connectivity index (χ4n) is 3.47. The second-order valence-corrected chi connectivity index (χ2v) is 9.62. The van der Waals surface area contributed by atoms with E-state index in [0.29, 0.717) is 40.5 Å². The van der Waals surface area contributed by atoms with Crippen LogP contribution in [0.15, 0.2) is 82.7 Å². The van der Waals surface area contributed by atoms with E-state index >= 15 is 0 Å². The number of hydrogen-bond donors (Lipinski definition) is 1. The van der Waals surface area contributed by atoms with Gasteiger partial charge in [-0.2, -0.15) is 0 Å². The van der Waals surface area contributed by atoms with Gasteiger partial charge in [-0.25, -0.2) is 8.42 Å². The maximum absolute atomic E-state index is 13.5. The number of aromatic nitrogens is 1. The summed E-state index contributed by atoms with van der Waals surface area (Å²) in [6.07, 6.45) is 1.39. The van der Waals surface area contributed by atoms with E-state index in [1.54, 1.807) is 19.2 Å². The van der Waals surface area contributed by atoms with Gasteiger partial charge in [-0.1, -0.05) is 23.7 Å². The van der Waals surface area contributed by atoms with Gasteiger partial charge in [0.1, 0.15) is 16.4 Å². The third-order valence-corrected chi connectivity index (χ3v) is 7.19. The zero-order valence-electron chi connectivity index (χ0n) is 18.2. The largest absolute Gasteiger partial charge is 0.497 e. The molecule has 170 valence electrons. The van der Waals surface area contributed by atoms with Crippen molar-refractivity contribution in [3.8, 4) is 11.5 Å². The van der Waals surface area contributed by atoms with Crippen LogP contribution in [0.2, 0.25) is 5.02 Å². The van der Waals surface area contributed by atoms with Crippen LogP contribution < -0.4 is 14.8 Å². The molecular weight excluding hydrogens is 460 g/mol. The SMILES string of the molecule is CCOc1ccc2ncc(S(=O)(=O)c3ccc(Cl)cc3)c(NCc3ccc(OC)cc3)c2c1. The van der Waals surface area contributed by atoms with E-state index in [4.69, 9.17) is 21.1 Å². The number of nitrogens with one attached hydrogen (secondary N) is 1. The minimum Gasteiger partial charge on any atom is -0.497 e. The van der Waals surface area contributed by atoms with E-state index in [9.17, 15) is 8.42 Å². The molecular formula is C25H23ClN2O4S. The Morgan fingerprint density at radius 3 is 2.33 bits per heavy atom. The minimum atomic E-state index is -3.86. The third-order valence-electron chi connectivity index (χ3n) is 5.16. The summed E-state index contributed by atoms with van der Waals surface area (Å²) in [5.74, 6) is 1.39. The first kappa shape index (κ1) is 22.9. The average Bonchev–Trinajstić information content (AvgIpc) is 2.83. The zero-order chi connectivity index (χ0) is 23.4. The number of anilines is 1. The molecule has 0 aliphatic rings. The lowest BCUT2D eigenvalue weighted by Gasteiger charge is -2.16. The molecule has 0 radical (unpaired) electrons. The van der Waals surface area contributed by atoms with Crippen molar-refractivity contribution in [2.75, 3.05) is 19.0 Å². The Morgan fingerprint density at radius 2 is 1.67 bits per heavy atom. The van der Waals surface area contributed by atoms with Crippen LogP contribution in [-0.2, 0) is 16.4 Å². The van der Waals surface area contributed by atoms with Gasteiger partial charge in [-0.15, -0.1) is 0 Å². The van der Waals surface area contributed by atoms with Crippen molar-refractivity contribution in [2.45, 2.75) is 23.3 Å². The quantitative estimate of drug-likeness (QED) is 0.345. The van der Waals surface area contributed by atoms with E-state index < -0.39 is 9.84 Å². The van der Waals surface area contributed by atoms with Crippen molar-refractivity contribution >= 4 is 38.0 Å². The van der Waals surface area contributed by atoms with Gasteiger partial charge < -0.3 is 14.8 Å². The highest BCUT2D eigenvalue weighted by atomic mass is 35.5. The Bertz CT molecular complexity index is 1370. The molecule has 4 rings (SSSR count). The number of benzene rings is 3. The Labute approximate surface area is 198 Å². The molecule has 1 aromatic heterocycles. The molecule has 33 heavy (non-hydrogen) atoms. The molecule has 0 aliphatic carbocycles. The highest BCUT2D eigenvalue weighted by Crippen LogP contribution is 2.35. The fourth-order valence-corrected chi connectivity index (χ4v) is 4.99. The number of fused-ring (bicyclic) bond motifs is 1. The minimum absolute atomic E-state index is 0.0829. The normalized spacial score (nSPS) is 11.4. The van der Waals surface area contributed by atoms with Gasteiger partial charge in [-0.05, 0) is 67.1 Å². The second-order valence-electron chi connectivity index (χ2n) is 7.27. The summed E-state index contributed by atoms with van der Waals surface area (Å²) in [6.45, 7) is 2.80. The molecule has 0 fully saturated rings. The molecule has 3 aromatic carbocycles. The van der Waals surface area contributed by atoms with Gasteiger partial charge in [0, 0.05) is 23.2 Å². The Hall–Kier alpha value is -3.29. The lowest BCUT2D eigenvalue weighted by atomic mass is 10.1. The predicted octanol–water partition coefficient (Wildman–Crippen LogP) is 5.74. The molecule has 6 nitrogen and oxygen atoms in total. The number of sulfone groups is 1. The van der Waals surface area contributed by atoms with E-state index in [1.807, 2.05) is 49.4 Å². The molecule has 0 saturated heterocycles. The third kappa shape index (κ3) is 4.89. The first-order valence-corrected chi connectivity index (χ1v) is 12.2. The van der Waals surface area contributed by atoms with Crippen LogP contribution in [0.4, 0.5) is 5.69 Å². The van der Waals surface area contributed by atoms with Crippen molar-refractivity contribution in [2.24, 2.45) is 0 Å². The molecule has 0 spiro atoms. The molecule has 0 bridgehead atoms. The van der Waals surface area contributed by atoms with Crippen molar-refractivity contribution in [1.29, 1.82) is 0 Å². The van der Waals surface area contributed by atoms with Crippen LogP contribution in [-0.4, -0.2) is 27.1 Å². The lowest BCUT2D eigenvalue weighted by Crippen LogP contribution is -2.10. The van der Waals surface area contributed by atoms with Crippen molar-refractivity contribution in [3.63, 3.8) is 0 Å². The van der Waals surface area contributed by atoms with E-state index in [1.165, 1.54) is 18.3 Å². The summed E-state index contributed by atoms with van der Waals surface area (Å²) in [4.78, 5) is 4.64. The first-order valence-electron chi connectivity index (χ1n) is 10.4. The molecule has 0 unspecified atom stereocenters. The first-order chi connectivity index (χ1) is 15.9. The maximum Gasteiger partial charge on any atom is 0.210 e. The molecule has 1 heterocycles. The molecule has 8 heteroatoms. The van der Waals surface area contributed by atoms with Crippen LogP contribution in [0.5, 0.6) is 11.5 Å². The standard InChI is InChI=1S/C25H23ClN2O4S/c1-3-32-20-10-13-23-22(14-20)25(28-15-17-4-8-19(31-2)9-5-17)24(16-27-23)33(29,30)21-11-6-18(26)7-12-21/h4-14,16H,3,15H2,1-2H3,(H,27,28). The van der Waals surface area contributed by atoms with Gasteiger partial charge in [-0.3, -0.25) is 4.98 Å². The summed E-state index contributed by atoms with van der Waals surface area (Å²) in [7, 11) is -2.25. The van der Waals surface area contributed by atoms with E-state index in [0.717, 1.165) is 11.3 Å². The van der Waals surface area contributed by atoms with Gasteiger partial charge in [0.15, 0.2) is 0 Å². The number of ether oxygens (including phenoxy) is 2. The predicted molar refractivity (Wildman–Crippen MR) is 130 cm³/mol. The smallest absolute Gasteiger partial charge is 0.210 e. The van der Waals surface area contributed by atoms with Gasteiger partial charge in [0.2, 0.25) is 9.84 Å². The highest BCUT2D eigenvalue weighted by molar-refractivity contribution is 7.91. The van der Waals surface area contributed by atoms with Crippen LogP contribution in [0.1, 0.15) is 12.5 Å². The highest BCUT2D eigenvalue weighted by Gasteiger charge is 2.24. The second kappa shape index (κ2) is 9.68. The van der Waals surface area contributed by atoms with Crippen molar-refractivity contribution < 1.29 is 17.9 Å². The van der Waals surface area contributed by atoms with Gasteiger partial charge in [0.05, 0.1) is 29.8 Å². The number of hydrogen-bond acceptors (Lipinski definition) is 6. The molecule has 0 saturated carbocycles. The lowest BCUT2D eigenvalue weighted by molar-refractivity contribution is 0.340. The number of pyridine rings is 1. The summed E-state index contributed by atoms with van der Waals surface area (Å²) in [5, 5.41) is 4.44. The topological polar surface area (TPSA) is 77.5 Å². The maximum atomic E-state index is 13.5. The average molecular weight is 483 g/mol. The Kier molecular flexibility index (Phi) is 6.72.